The minimum absolute atomic E-state index is 0.0190. The monoisotopic (exact) mass is 336 g/mol. The van der Waals surface area contributed by atoms with Crippen molar-refractivity contribution in [2.24, 2.45) is 21.5 Å². The molecular weight excluding hydrogens is 320 g/mol. The van der Waals surface area contributed by atoms with Crippen molar-refractivity contribution in [1.82, 2.24) is 0 Å². The standard InChI is InChI=1S/C13H16N6O5/c14-17-16-5-13(21)23-8-12(7-22-9-20)11-3-1-2-10(4-11)6-24-19-18-15/h1-4,9,12H,5-8H2,(H2,15,19). The predicted octanol–water partition coefficient (Wildman–Crippen LogP) is 1.55. The Labute approximate surface area is 136 Å². The van der Waals surface area contributed by atoms with Crippen LogP contribution in [0.4, 0.5) is 0 Å². The molecule has 0 amide bonds. The van der Waals surface area contributed by atoms with Crippen LogP contribution in [0.1, 0.15) is 17.0 Å². The zero-order valence-corrected chi connectivity index (χ0v) is 12.6. The third-order valence-electron chi connectivity index (χ3n) is 2.83. The lowest BCUT2D eigenvalue weighted by Crippen LogP contribution is -2.18. The number of ether oxygens (including phenoxy) is 2. The van der Waals surface area contributed by atoms with Crippen molar-refractivity contribution in [2.75, 3.05) is 19.8 Å². The van der Waals surface area contributed by atoms with E-state index in [-0.39, 0.29) is 25.7 Å². The summed E-state index contributed by atoms with van der Waals surface area (Å²) in [5, 5.41) is 9.29. The fourth-order valence-corrected chi connectivity index (χ4v) is 1.80. The van der Waals surface area contributed by atoms with Crippen molar-refractivity contribution < 1.29 is 23.9 Å². The molecule has 1 unspecified atom stereocenters. The number of azide groups is 1. The summed E-state index contributed by atoms with van der Waals surface area (Å²) in [5.41, 5.74) is 9.70. The smallest absolute Gasteiger partial charge is 0.311 e. The van der Waals surface area contributed by atoms with Crippen LogP contribution in [-0.2, 0) is 30.5 Å². The lowest BCUT2D eigenvalue weighted by Gasteiger charge is -2.17. The molecule has 0 bridgehead atoms. The largest absolute Gasteiger partial charge is 0.467 e. The van der Waals surface area contributed by atoms with Crippen molar-refractivity contribution in [3.8, 4) is 0 Å². The van der Waals surface area contributed by atoms with Gasteiger partial charge in [-0.25, -0.2) is 0 Å². The van der Waals surface area contributed by atoms with Gasteiger partial charge in [0.1, 0.15) is 26.4 Å². The number of nitrogens with two attached hydrogens (primary N) is 1. The van der Waals surface area contributed by atoms with Crippen LogP contribution >= 0.6 is 0 Å². The number of hydrogen-bond donors (Lipinski definition) is 1. The second-order valence-corrected chi connectivity index (χ2v) is 4.41. The summed E-state index contributed by atoms with van der Waals surface area (Å²) in [7, 11) is 0. The molecule has 0 saturated heterocycles. The van der Waals surface area contributed by atoms with Gasteiger partial charge in [0, 0.05) is 10.2 Å². The molecule has 0 fully saturated rings. The Hall–Kier alpha value is -3.33. The molecule has 0 spiro atoms. The van der Waals surface area contributed by atoms with Gasteiger partial charge in [0.05, 0.1) is 5.92 Å². The molecule has 0 aliphatic carbocycles. The quantitative estimate of drug-likeness (QED) is 0.123. The van der Waals surface area contributed by atoms with E-state index in [1.807, 2.05) is 0 Å². The second-order valence-electron chi connectivity index (χ2n) is 4.41. The molecule has 0 radical (unpaired) electrons. The van der Waals surface area contributed by atoms with Gasteiger partial charge < -0.3 is 20.2 Å². The van der Waals surface area contributed by atoms with Gasteiger partial charge in [0.15, 0.2) is 0 Å². The molecule has 0 aliphatic rings. The van der Waals surface area contributed by atoms with Crippen molar-refractivity contribution in [2.45, 2.75) is 12.5 Å². The Morgan fingerprint density at radius 1 is 1.42 bits per heavy atom. The SMILES string of the molecule is [N-]=[N+]=NCC(=O)OCC(COC=O)c1cccc(CON=NN)c1. The van der Waals surface area contributed by atoms with E-state index in [1.165, 1.54) is 0 Å². The molecule has 1 rings (SSSR count). The van der Waals surface area contributed by atoms with Crippen LogP contribution < -0.4 is 5.84 Å². The first-order valence-corrected chi connectivity index (χ1v) is 6.74. The van der Waals surface area contributed by atoms with E-state index in [1.54, 1.807) is 24.3 Å². The van der Waals surface area contributed by atoms with Gasteiger partial charge in [0.25, 0.3) is 6.47 Å². The average Bonchev–Trinajstić information content (AvgIpc) is 2.60. The average molecular weight is 336 g/mol. The maximum atomic E-state index is 11.4. The van der Waals surface area contributed by atoms with Gasteiger partial charge in [-0.15, -0.1) is 0 Å². The molecule has 11 nitrogen and oxygen atoms in total. The molecular formula is C13H16N6O5. The topological polar surface area (TPSA) is 161 Å². The highest BCUT2D eigenvalue weighted by Crippen LogP contribution is 2.19. The molecule has 1 atom stereocenters. The Kier molecular flexibility index (Phi) is 8.79. The van der Waals surface area contributed by atoms with Crippen molar-refractivity contribution in [1.29, 1.82) is 0 Å². The number of nitrogens with zero attached hydrogens (tertiary/aromatic N) is 5. The molecule has 128 valence electrons. The van der Waals surface area contributed by atoms with Gasteiger partial charge in [-0.2, -0.15) is 0 Å². The van der Waals surface area contributed by atoms with E-state index >= 15 is 0 Å². The van der Waals surface area contributed by atoms with E-state index in [0.717, 1.165) is 11.1 Å². The zero-order valence-electron chi connectivity index (χ0n) is 12.6. The number of hydrogen-bond acceptors (Lipinski definition) is 8. The first-order valence-electron chi connectivity index (χ1n) is 6.74. The molecule has 0 aromatic heterocycles. The van der Waals surface area contributed by atoms with E-state index in [0.29, 0.717) is 6.47 Å². The van der Waals surface area contributed by atoms with Crippen LogP contribution in [0.25, 0.3) is 10.4 Å². The summed E-state index contributed by atoms with van der Waals surface area (Å²) in [6.45, 7) is 0.0249. The molecule has 24 heavy (non-hydrogen) atoms. The number of rotatable bonds is 11. The van der Waals surface area contributed by atoms with E-state index in [4.69, 9.17) is 25.7 Å². The van der Waals surface area contributed by atoms with Crippen molar-refractivity contribution in [3.63, 3.8) is 0 Å². The van der Waals surface area contributed by atoms with Crippen LogP contribution in [-0.4, -0.2) is 32.2 Å². The van der Waals surface area contributed by atoms with Gasteiger partial charge in [-0.05, 0) is 21.9 Å². The molecule has 11 heteroatoms. The summed E-state index contributed by atoms with van der Waals surface area (Å²) in [6.07, 6.45) is 0. The number of esters is 1. The van der Waals surface area contributed by atoms with E-state index < -0.39 is 12.5 Å². The van der Waals surface area contributed by atoms with Crippen LogP contribution in [0.15, 0.2) is 39.9 Å². The highest BCUT2D eigenvalue weighted by atomic mass is 16.6. The third kappa shape index (κ3) is 7.09. The van der Waals surface area contributed by atoms with Gasteiger partial charge in [-0.1, -0.05) is 29.4 Å². The summed E-state index contributed by atoms with van der Waals surface area (Å²) in [6, 6.07) is 7.13. The molecule has 1 aromatic carbocycles. The first kappa shape index (κ1) is 18.7. The maximum Gasteiger partial charge on any atom is 0.311 e. The number of benzene rings is 1. The zero-order chi connectivity index (χ0) is 17.6. The van der Waals surface area contributed by atoms with Gasteiger partial charge in [-0.3, -0.25) is 9.59 Å². The Balaban J connectivity index is 2.75. The van der Waals surface area contributed by atoms with Crippen molar-refractivity contribution >= 4 is 12.4 Å². The Bertz CT molecular complexity index is 617. The fraction of sp³-hybridized carbons (Fsp3) is 0.385. The molecule has 1 aromatic rings. The van der Waals surface area contributed by atoms with Gasteiger partial charge >= 0.3 is 5.97 Å². The lowest BCUT2D eigenvalue weighted by atomic mass is 9.99. The minimum Gasteiger partial charge on any atom is -0.467 e. The summed E-state index contributed by atoms with van der Waals surface area (Å²) < 4.78 is 9.78. The normalized spacial score (nSPS) is 11.3. The van der Waals surface area contributed by atoms with Crippen LogP contribution in [0.5, 0.6) is 0 Å². The molecule has 0 aliphatic heterocycles. The Morgan fingerprint density at radius 3 is 2.96 bits per heavy atom. The van der Waals surface area contributed by atoms with Crippen LogP contribution in [0.3, 0.4) is 0 Å². The molecule has 2 N–H and O–H groups in total. The van der Waals surface area contributed by atoms with Crippen molar-refractivity contribution in [3.05, 3.63) is 45.8 Å². The predicted molar refractivity (Wildman–Crippen MR) is 80.0 cm³/mol. The van der Waals surface area contributed by atoms with Crippen LogP contribution in [0, 0.1) is 0 Å². The summed E-state index contributed by atoms with van der Waals surface area (Å²) in [5.74, 6) is 3.77. The fourth-order valence-electron chi connectivity index (χ4n) is 1.80. The van der Waals surface area contributed by atoms with Gasteiger partial charge in [0.2, 0.25) is 0 Å². The summed E-state index contributed by atoms with van der Waals surface area (Å²) in [4.78, 5) is 29.1. The number of carbonyl (C=O) groups is 2. The highest BCUT2D eigenvalue weighted by Gasteiger charge is 2.16. The molecule has 0 saturated carbocycles. The second kappa shape index (κ2) is 11.3. The third-order valence-corrected chi connectivity index (χ3v) is 2.83. The summed E-state index contributed by atoms with van der Waals surface area (Å²) >= 11 is 0. The lowest BCUT2D eigenvalue weighted by molar-refractivity contribution is -0.143. The highest BCUT2D eigenvalue weighted by molar-refractivity contribution is 5.71. The molecule has 0 heterocycles. The Morgan fingerprint density at radius 2 is 2.25 bits per heavy atom. The first-order chi connectivity index (χ1) is 11.7. The van der Waals surface area contributed by atoms with E-state index in [9.17, 15) is 9.59 Å². The maximum absolute atomic E-state index is 11.4. The minimum atomic E-state index is -0.674. The van der Waals surface area contributed by atoms with E-state index in [2.05, 4.69) is 20.5 Å². The van der Waals surface area contributed by atoms with Crippen LogP contribution in [0.2, 0.25) is 0 Å². The number of carbonyl (C=O) groups excluding carboxylic acids is 2.